The average Bonchev–Trinajstić information content (AvgIpc) is 2.38. The molecule has 1 heterocycles. The molecule has 17 heavy (non-hydrogen) atoms. The smallest absolute Gasteiger partial charge is 0.106 e. The van der Waals surface area contributed by atoms with Gasteiger partial charge in [-0.1, -0.05) is 46.7 Å². The molecule has 1 atom stereocenters. The number of benzene rings is 1. The lowest BCUT2D eigenvalue weighted by Crippen LogP contribution is -1.86. The molecule has 0 aliphatic carbocycles. The lowest BCUT2D eigenvalue weighted by atomic mass is 10.1. The maximum atomic E-state index is 4.30. The first-order chi connectivity index (χ1) is 8.25. The van der Waals surface area contributed by atoms with Gasteiger partial charge in [-0.2, -0.15) is 0 Å². The van der Waals surface area contributed by atoms with E-state index in [-0.39, 0.29) is 0 Å². The first kappa shape index (κ1) is 12.5. The van der Waals surface area contributed by atoms with Gasteiger partial charge in [0.25, 0.3) is 0 Å². The molecule has 1 aromatic heterocycles. The summed E-state index contributed by atoms with van der Waals surface area (Å²) in [4.78, 5) is 4.30. The second kappa shape index (κ2) is 6.12. The number of pyridine rings is 1. The third-order valence-corrected chi connectivity index (χ3v) is 5.20. The molecule has 0 radical (unpaired) electrons. The Hall–Kier alpha value is -0.930. The normalized spacial score (nSPS) is 12.4. The van der Waals surface area contributed by atoms with Gasteiger partial charge in [-0.05, 0) is 42.3 Å². The second-order valence-electron chi connectivity index (χ2n) is 3.90. The van der Waals surface area contributed by atoms with Crippen molar-refractivity contribution in [3.05, 3.63) is 59.8 Å². The van der Waals surface area contributed by atoms with Crippen molar-refractivity contribution in [2.24, 2.45) is 0 Å². The van der Waals surface area contributed by atoms with E-state index in [0.717, 1.165) is 5.03 Å². The Labute approximate surface area is 110 Å². The molecule has 2 aromatic rings. The molecular formula is C14H15NS2. The summed E-state index contributed by atoms with van der Waals surface area (Å²) in [5, 5.41) is 1.54. The minimum Gasteiger partial charge on any atom is -0.249 e. The van der Waals surface area contributed by atoms with Gasteiger partial charge in [0.15, 0.2) is 0 Å². The molecule has 1 nitrogen and oxygen atoms in total. The molecule has 0 saturated carbocycles. The fraction of sp³-hybridized carbons (Fsp3) is 0.214. The van der Waals surface area contributed by atoms with E-state index in [2.05, 4.69) is 43.1 Å². The van der Waals surface area contributed by atoms with Gasteiger partial charge in [-0.3, -0.25) is 0 Å². The van der Waals surface area contributed by atoms with Crippen molar-refractivity contribution in [2.45, 2.75) is 24.1 Å². The molecule has 1 aromatic carbocycles. The van der Waals surface area contributed by atoms with Crippen molar-refractivity contribution in [3.63, 3.8) is 0 Å². The van der Waals surface area contributed by atoms with Crippen LogP contribution < -0.4 is 0 Å². The minimum atomic E-state index is 0.475. The first-order valence-electron chi connectivity index (χ1n) is 5.56. The van der Waals surface area contributed by atoms with Crippen LogP contribution in [0.4, 0.5) is 0 Å². The zero-order chi connectivity index (χ0) is 12.1. The van der Waals surface area contributed by atoms with Crippen LogP contribution in [0.1, 0.15) is 23.3 Å². The topological polar surface area (TPSA) is 12.9 Å². The van der Waals surface area contributed by atoms with Crippen LogP contribution in [-0.2, 0) is 0 Å². The number of nitrogens with zero attached hydrogens (tertiary/aromatic N) is 1. The van der Waals surface area contributed by atoms with Crippen molar-refractivity contribution in [3.8, 4) is 0 Å². The van der Waals surface area contributed by atoms with Crippen LogP contribution in [0.25, 0.3) is 0 Å². The summed E-state index contributed by atoms with van der Waals surface area (Å²) in [7, 11) is 3.58. The molecule has 0 amide bonds. The summed E-state index contributed by atoms with van der Waals surface area (Å²) >= 11 is 0. The SMILES string of the molecule is Cc1ccc(C(C)SSc2ccccn2)cc1. The van der Waals surface area contributed by atoms with Gasteiger partial charge >= 0.3 is 0 Å². The number of aromatic nitrogens is 1. The highest BCUT2D eigenvalue weighted by Gasteiger charge is 2.07. The highest BCUT2D eigenvalue weighted by Crippen LogP contribution is 2.41. The minimum absolute atomic E-state index is 0.475. The number of rotatable bonds is 4. The van der Waals surface area contributed by atoms with Gasteiger partial charge in [0.2, 0.25) is 0 Å². The van der Waals surface area contributed by atoms with E-state index in [4.69, 9.17) is 0 Å². The molecule has 0 N–H and O–H groups in total. The second-order valence-corrected chi connectivity index (χ2v) is 6.46. The van der Waals surface area contributed by atoms with Crippen LogP contribution >= 0.6 is 21.6 Å². The number of hydrogen-bond acceptors (Lipinski definition) is 3. The van der Waals surface area contributed by atoms with Crippen molar-refractivity contribution < 1.29 is 0 Å². The van der Waals surface area contributed by atoms with Crippen LogP contribution in [0.3, 0.4) is 0 Å². The Morgan fingerprint density at radius 2 is 1.82 bits per heavy atom. The fourth-order valence-electron chi connectivity index (χ4n) is 1.41. The van der Waals surface area contributed by atoms with Crippen LogP contribution in [0.5, 0.6) is 0 Å². The molecular weight excluding hydrogens is 246 g/mol. The summed E-state index contributed by atoms with van der Waals surface area (Å²) in [6.45, 7) is 4.34. The van der Waals surface area contributed by atoms with E-state index in [1.165, 1.54) is 11.1 Å². The van der Waals surface area contributed by atoms with E-state index in [1.54, 1.807) is 10.8 Å². The van der Waals surface area contributed by atoms with E-state index in [0.29, 0.717) is 5.25 Å². The largest absolute Gasteiger partial charge is 0.249 e. The Kier molecular flexibility index (Phi) is 4.51. The summed E-state index contributed by atoms with van der Waals surface area (Å²) < 4.78 is 0. The van der Waals surface area contributed by atoms with Gasteiger partial charge < -0.3 is 0 Å². The third kappa shape index (κ3) is 3.79. The Balaban J connectivity index is 1.93. The molecule has 0 bridgehead atoms. The fourth-order valence-corrected chi connectivity index (χ4v) is 3.52. The maximum absolute atomic E-state index is 4.30. The summed E-state index contributed by atoms with van der Waals surface area (Å²) in [5.41, 5.74) is 2.67. The Morgan fingerprint density at radius 1 is 1.06 bits per heavy atom. The zero-order valence-electron chi connectivity index (χ0n) is 9.96. The van der Waals surface area contributed by atoms with Crippen molar-refractivity contribution >= 4 is 21.6 Å². The molecule has 2 rings (SSSR count). The first-order valence-corrected chi connectivity index (χ1v) is 7.78. The summed E-state index contributed by atoms with van der Waals surface area (Å²) in [5.74, 6) is 0. The van der Waals surface area contributed by atoms with Crippen molar-refractivity contribution in [1.29, 1.82) is 0 Å². The molecule has 0 aliphatic heterocycles. The monoisotopic (exact) mass is 261 g/mol. The molecule has 3 heteroatoms. The van der Waals surface area contributed by atoms with Gasteiger partial charge in [0.1, 0.15) is 5.03 Å². The molecule has 1 unspecified atom stereocenters. The molecule has 88 valence electrons. The number of aryl methyl sites for hydroxylation is 1. The molecule has 0 saturated heterocycles. The highest BCUT2D eigenvalue weighted by atomic mass is 33.1. The predicted octanol–water partition coefficient (Wildman–Crippen LogP) is 4.89. The molecule has 0 spiro atoms. The van der Waals surface area contributed by atoms with Gasteiger partial charge in [0.05, 0.1) is 0 Å². The van der Waals surface area contributed by atoms with Crippen molar-refractivity contribution in [1.82, 2.24) is 4.98 Å². The maximum Gasteiger partial charge on any atom is 0.106 e. The third-order valence-electron chi connectivity index (χ3n) is 2.46. The molecule has 0 fully saturated rings. The van der Waals surface area contributed by atoms with Crippen molar-refractivity contribution in [2.75, 3.05) is 0 Å². The van der Waals surface area contributed by atoms with Crippen LogP contribution in [0.15, 0.2) is 53.7 Å². The summed E-state index contributed by atoms with van der Waals surface area (Å²) in [6.07, 6.45) is 1.83. The average molecular weight is 261 g/mol. The Morgan fingerprint density at radius 3 is 2.47 bits per heavy atom. The van der Waals surface area contributed by atoms with Gasteiger partial charge in [-0.25, -0.2) is 4.98 Å². The summed E-state index contributed by atoms with van der Waals surface area (Å²) in [6, 6.07) is 14.7. The zero-order valence-corrected chi connectivity index (χ0v) is 11.6. The number of hydrogen-bond donors (Lipinski definition) is 0. The highest BCUT2D eigenvalue weighted by molar-refractivity contribution is 8.76. The molecule has 0 aliphatic rings. The quantitative estimate of drug-likeness (QED) is 0.727. The van der Waals surface area contributed by atoms with E-state index in [9.17, 15) is 0 Å². The van der Waals surface area contributed by atoms with Crippen LogP contribution in [-0.4, -0.2) is 4.98 Å². The van der Waals surface area contributed by atoms with Gasteiger partial charge in [-0.15, -0.1) is 0 Å². The van der Waals surface area contributed by atoms with E-state index in [1.807, 2.05) is 35.2 Å². The lowest BCUT2D eigenvalue weighted by Gasteiger charge is -2.10. The van der Waals surface area contributed by atoms with Gasteiger partial charge in [0, 0.05) is 11.4 Å². The van der Waals surface area contributed by atoms with Crippen LogP contribution in [0, 0.1) is 6.92 Å². The predicted molar refractivity (Wildman–Crippen MR) is 77.3 cm³/mol. The Bertz CT molecular complexity index is 453. The van der Waals surface area contributed by atoms with E-state index < -0.39 is 0 Å². The van der Waals surface area contributed by atoms with Crippen LogP contribution in [0.2, 0.25) is 0 Å². The lowest BCUT2D eigenvalue weighted by molar-refractivity contribution is 1.10. The van der Waals surface area contributed by atoms with E-state index >= 15 is 0 Å². The standard InChI is InChI=1S/C14H15NS2/c1-11-6-8-13(9-7-11)12(2)16-17-14-5-3-4-10-15-14/h3-10,12H,1-2H3.